The van der Waals surface area contributed by atoms with Crippen LogP contribution >= 0.6 is 0 Å². The zero-order chi connectivity index (χ0) is 13.2. The van der Waals surface area contributed by atoms with Gasteiger partial charge < -0.3 is 10.1 Å². The summed E-state index contributed by atoms with van der Waals surface area (Å²) in [5.74, 6) is 0. The van der Waals surface area contributed by atoms with E-state index in [2.05, 4.69) is 20.7 Å². The number of nitrogens with zero attached hydrogens (tertiary/aromatic N) is 2. The normalized spacial score (nSPS) is 11.5. The fourth-order valence-corrected chi connectivity index (χ4v) is 1.48. The van der Waals surface area contributed by atoms with Crippen molar-refractivity contribution in [1.82, 2.24) is 20.7 Å². The number of benzene rings is 1. The predicted molar refractivity (Wildman–Crippen MR) is 67.0 cm³/mol. The van der Waals surface area contributed by atoms with E-state index in [9.17, 15) is 4.79 Å². The topological polar surface area (TPSA) is 79.9 Å². The van der Waals surface area contributed by atoms with Crippen LogP contribution in [0.25, 0.3) is 11.0 Å². The number of hydrogen-bond donors (Lipinski definition) is 2. The summed E-state index contributed by atoms with van der Waals surface area (Å²) in [5.41, 5.74) is 2.04. The molecule has 1 aromatic carbocycles. The van der Waals surface area contributed by atoms with Gasteiger partial charge in [-0.3, -0.25) is 0 Å². The first-order valence-corrected chi connectivity index (χ1v) is 5.70. The molecule has 0 saturated carbocycles. The molecule has 1 amide bonds. The third-order valence-corrected chi connectivity index (χ3v) is 2.22. The van der Waals surface area contributed by atoms with Gasteiger partial charge in [0.1, 0.15) is 16.6 Å². The molecule has 2 N–H and O–H groups in total. The van der Waals surface area contributed by atoms with E-state index in [1.807, 2.05) is 39.0 Å². The highest BCUT2D eigenvalue weighted by Crippen LogP contribution is 2.11. The number of amides is 1. The Hall–Kier alpha value is -2.11. The van der Waals surface area contributed by atoms with Gasteiger partial charge in [0, 0.05) is 6.54 Å². The quantitative estimate of drug-likeness (QED) is 0.851. The average molecular weight is 248 g/mol. The molecule has 6 nitrogen and oxygen atoms in total. The van der Waals surface area contributed by atoms with Crippen molar-refractivity contribution in [3.05, 3.63) is 23.8 Å². The Balaban J connectivity index is 1.95. The number of aromatic amines is 1. The SMILES string of the molecule is CC(C)(C)OC(=O)NCc1ccc2n[nH]nc2c1. The van der Waals surface area contributed by atoms with Crippen LogP contribution in [0, 0.1) is 0 Å². The minimum Gasteiger partial charge on any atom is -0.444 e. The van der Waals surface area contributed by atoms with Crippen LogP contribution in [0.3, 0.4) is 0 Å². The second-order valence-corrected chi connectivity index (χ2v) is 5.00. The highest BCUT2D eigenvalue weighted by atomic mass is 16.6. The highest BCUT2D eigenvalue weighted by Gasteiger charge is 2.15. The fourth-order valence-electron chi connectivity index (χ4n) is 1.48. The molecule has 96 valence electrons. The maximum absolute atomic E-state index is 11.5. The Morgan fingerprint density at radius 1 is 1.33 bits per heavy atom. The molecule has 0 aliphatic rings. The van der Waals surface area contributed by atoms with Gasteiger partial charge in [0.05, 0.1) is 0 Å². The second kappa shape index (κ2) is 4.64. The summed E-state index contributed by atoms with van der Waals surface area (Å²) in [5, 5.41) is 13.2. The molecule has 6 heteroatoms. The van der Waals surface area contributed by atoms with Gasteiger partial charge in [0.15, 0.2) is 0 Å². The first-order valence-electron chi connectivity index (χ1n) is 5.70. The van der Waals surface area contributed by atoms with Crippen molar-refractivity contribution in [3.63, 3.8) is 0 Å². The summed E-state index contributed by atoms with van der Waals surface area (Å²) in [7, 11) is 0. The summed E-state index contributed by atoms with van der Waals surface area (Å²) >= 11 is 0. The van der Waals surface area contributed by atoms with Crippen molar-refractivity contribution in [1.29, 1.82) is 0 Å². The summed E-state index contributed by atoms with van der Waals surface area (Å²) in [6.07, 6.45) is -0.428. The number of nitrogens with one attached hydrogen (secondary N) is 2. The molecule has 2 aromatic rings. The summed E-state index contributed by atoms with van der Waals surface area (Å²) < 4.78 is 5.15. The van der Waals surface area contributed by atoms with Crippen LogP contribution in [0.2, 0.25) is 0 Å². The number of aromatic nitrogens is 3. The molecule has 0 fully saturated rings. The lowest BCUT2D eigenvalue weighted by Crippen LogP contribution is -2.32. The lowest BCUT2D eigenvalue weighted by molar-refractivity contribution is 0.0523. The molecule has 0 unspecified atom stereocenters. The van der Waals surface area contributed by atoms with Gasteiger partial charge in [-0.1, -0.05) is 6.07 Å². The lowest BCUT2D eigenvalue weighted by atomic mass is 10.2. The minimum atomic E-state index is -0.486. The number of carbonyl (C=O) groups excluding carboxylic acids is 1. The molecule has 0 aliphatic carbocycles. The molecular formula is C12H16N4O2. The van der Waals surface area contributed by atoms with Crippen LogP contribution in [-0.4, -0.2) is 27.1 Å². The van der Waals surface area contributed by atoms with Crippen LogP contribution < -0.4 is 5.32 Å². The zero-order valence-electron chi connectivity index (χ0n) is 10.7. The first kappa shape index (κ1) is 12.3. The van der Waals surface area contributed by atoms with Gasteiger partial charge in [-0.15, -0.1) is 0 Å². The lowest BCUT2D eigenvalue weighted by Gasteiger charge is -2.19. The predicted octanol–water partition coefficient (Wildman–Crippen LogP) is 1.98. The maximum atomic E-state index is 11.5. The molecule has 0 bridgehead atoms. The van der Waals surface area contributed by atoms with E-state index in [0.717, 1.165) is 16.6 Å². The number of H-pyrrole nitrogens is 1. The Morgan fingerprint density at radius 2 is 2.06 bits per heavy atom. The molecule has 0 aliphatic heterocycles. The van der Waals surface area contributed by atoms with Crippen LogP contribution in [0.5, 0.6) is 0 Å². The van der Waals surface area contributed by atoms with Gasteiger partial charge in [0.25, 0.3) is 0 Å². The van der Waals surface area contributed by atoms with Crippen molar-refractivity contribution in [2.75, 3.05) is 0 Å². The molecular weight excluding hydrogens is 232 g/mol. The molecule has 18 heavy (non-hydrogen) atoms. The van der Waals surface area contributed by atoms with Crippen molar-refractivity contribution in [2.24, 2.45) is 0 Å². The number of hydrogen-bond acceptors (Lipinski definition) is 4. The first-order chi connectivity index (χ1) is 8.44. The molecule has 0 atom stereocenters. The Kier molecular flexibility index (Phi) is 3.18. The van der Waals surface area contributed by atoms with Crippen LogP contribution in [0.4, 0.5) is 4.79 Å². The largest absolute Gasteiger partial charge is 0.444 e. The Labute approximate surface area is 105 Å². The van der Waals surface area contributed by atoms with Gasteiger partial charge in [-0.05, 0) is 38.5 Å². The Morgan fingerprint density at radius 3 is 2.78 bits per heavy atom. The summed E-state index contributed by atoms with van der Waals surface area (Å²) in [6.45, 7) is 5.88. The minimum absolute atomic E-state index is 0.401. The average Bonchev–Trinajstić information content (AvgIpc) is 2.71. The third-order valence-electron chi connectivity index (χ3n) is 2.22. The van der Waals surface area contributed by atoms with Gasteiger partial charge in [-0.2, -0.15) is 15.4 Å². The van der Waals surface area contributed by atoms with Crippen molar-refractivity contribution >= 4 is 17.1 Å². The molecule has 0 saturated heterocycles. The van der Waals surface area contributed by atoms with E-state index in [1.165, 1.54) is 0 Å². The summed E-state index contributed by atoms with van der Waals surface area (Å²) in [6, 6.07) is 5.61. The monoisotopic (exact) mass is 248 g/mol. The van der Waals surface area contributed by atoms with Gasteiger partial charge in [-0.25, -0.2) is 4.79 Å². The zero-order valence-corrected chi connectivity index (χ0v) is 10.7. The van der Waals surface area contributed by atoms with Crippen LogP contribution in [-0.2, 0) is 11.3 Å². The second-order valence-electron chi connectivity index (χ2n) is 5.00. The van der Waals surface area contributed by atoms with Crippen molar-refractivity contribution in [2.45, 2.75) is 32.9 Å². The van der Waals surface area contributed by atoms with E-state index in [4.69, 9.17) is 4.74 Å². The Bertz CT molecular complexity index is 556. The van der Waals surface area contributed by atoms with E-state index in [0.29, 0.717) is 6.54 Å². The number of carbonyl (C=O) groups is 1. The molecule has 0 radical (unpaired) electrons. The maximum Gasteiger partial charge on any atom is 0.407 e. The third kappa shape index (κ3) is 3.19. The van der Waals surface area contributed by atoms with Gasteiger partial charge in [0.2, 0.25) is 0 Å². The molecule has 2 rings (SSSR count). The van der Waals surface area contributed by atoms with Crippen molar-refractivity contribution < 1.29 is 9.53 Å². The highest BCUT2D eigenvalue weighted by molar-refractivity contribution is 5.74. The van der Waals surface area contributed by atoms with Crippen LogP contribution in [0.1, 0.15) is 26.3 Å². The van der Waals surface area contributed by atoms with E-state index < -0.39 is 11.7 Å². The number of rotatable bonds is 2. The molecule has 0 spiro atoms. The standard InChI is InChI=1S/C12H16N4O2/c1-12(2,3)18-11(17)13-7-8-4-5-9-10(6-8)15-16-14-9/h4-6H,7H2,1-3H3,(H,13,17)(H,14,15,16). The number of fused-ring (bicyclic) bond motifs is 1. The smallest absolute Gasteiger partial charge is 0.407 e. The fraction of sp³-hybridized carbons (Fsp3) is 0.417. The van der Waals surface area contributed by atoms with Crippen LogP contribution in [0.15, 0.2) is 18.2 Å². The van der Waals surface area contributed by atoms with Gasteiger partial charge >= 0.3 is 6.09 Å². The van der Waals surface area contributed by atoms with E-state index in [-0.39, 0.29) is 0 Å². The summed E-state index contributed by atoms with van der Waals surface area (Å²) in [4.78, 5) is 11.5. The molecule has 1 heterocycles. The number of ether oxygens (including phenoxy) is 1. The van der Waals surface area contributed by atoms with Crippen molar-refractivity contribution in [3.8, 4) is 0 Å². The van der Waals surface area contributed by atoms with E-state index in [1.54, 1.807) is 0 Å². The molecule has 1 aromatic heterocycles. The number of alkyl carbamates (subject to hydrolysis) is 1. The van der Waals surface area contributed by atoms with E-state index >= 15 is 0 Å².